The minimum atomic E-state index is -0.541. The maximum absolute atomic E-state index is 12.5. The molecule has 166 valence electrons. The highest BCUT2D eigenvalue weighted by Gasteiger charge is 2.24. The lowest BCUT2D eigenvalue weighted by Gasteiger charge is -2.11. The number of benzene rings is 3. The van der Waals surface area contributed by atoms with Gasteiger partial charge in [0.1, 0.15) is 0 Å². The van der Waals surface area contributed by atoms with Gasteiger partial charge in [0.15, 0.2) is 17.2 Å². The number of carbonyl (C=O) groups excluding carboxylic acids is 2. The molecule has 1 heterocycles. The summed E-state index contributed by atoms with van der Waals surface area (Å²) in [7, 11) is 0. The van der Waals surface area contributed by atoms with Crippen molar-refractivity contribution in [3.8, 4) is 11.5 Å². The van der Waals surface area contributed by atoms with Gasteiger partial charge < -0.3 is 14.2 Å². The summed E-state index contributed by atoms with van der Waals surface area (Å²) in [6.07, 6.45) is 1.60. The van der Waals surface area contributed by atoms with E-state index in [0.29, 0.717) is 34.8 Å². The van der Waals surface area contributed by atoms with E-state index in [1.807, 2.05) is 44.2 Å². The number of hydrogen-bond acceptors (Lipinski definition) is 6. The van der Waals surface area contributed by atoms with Gasteiger partial charge in [-0.3, -0.25) is 0 Å². The zero-order valence-corrected chi connectivity index (χ0v) is 19.6. The van der Waals surface area contributed by atoms with Gasteiger partial charge in [-0.2, -0.15) is 0 Å². The molecule has 0 unspecified atom stereocenters. The molecule has 1 aliphatic rings. The van der Waals surface area contributed by atoms with Crippen molar-refractivity contribution in [3.63, 3.8) is 0 Å². The zero-order chi connectivity index (χ0) is 23.4. The first-order valence-electron chi connectivity index (χ1n) is 10.3. The number of aliphatic imine (C=N–C) groups is 1. The molecular formula is C26H20BrNO5. The molecular weight excluding hydrogens is 486 g/mol. The number of esters is 2. The number of aryl methyl sites for hydroxylation is 1. The summed E-state index contributed by atoms with van der Waals surface area (Å²) in [5, 5.41) is 0. The molecule has 0 radical (unpaired) electrons. The van der Waals surface area contributed by atoms with E-state index in [1.165, 1.54) is 0 Å². The van der Waals surface area contributed by atoms with Gasteiger partial charge in [-0.25, -0.2) is 14.6 Å². The largest absolute Gasteiger partial charge is 0.490 e. The predicted molar refractivity (Wildman–Crippen MR) is 128 cm³/mol. The number of cyclic esters (lactones) is 1. The van der Waals surface area contributed by atoms with Crippen molar-refractivity contribution in [1.29, 1.82) is 0 Å². The van der Waals surface area contributed by atoms with Crippen LogP contribution in [0.25, 0.3) is 6.08 Å². The standard InChI is InChI=1S/C26H20BrNO5/c1-3-31-23-15-17(7-12-22(23)32-25(29)19-6-4-5-16(2)13-19)14-21-26(30)33-24(28-21)18-8-10-20(27)11-9-18/h4-15H,3H2,1-2H3/b21-14+. The third-order valence-corrected chi connectivity index (χ3v) is 5.27. The first kappa shape index (κ1) is 22.5. The van der Waals surface area contributed by atoms with Gasteiger partial charge in [0, 0.05) is 10.0 Å². The van der Waals surface area contributed by atoms with Crippen molar-refractivity contribution >= 4 is 39.8 Å². The topological polar surface area (TPSA) is 74.2 Å². The molecule has 0 amide bonds. The number of halogens is 1. The van der Waals surface area contributed by atoms with E-state index in [2.05, 4.69) is 20.9 Å². The van der Waals surface area contributed by atoms with Crippen LogP contribution < -0.4 is 9.47 Å². The van der Waals surface area contributed by atoms with E-state index >= 15 is 0 Å². The molecule has 0 spiro atoms. The molecule has 0 bridgehead atoms. The maximum atomic E-state index is 12.5. The quantitative estimate of drug-likeness (QED) is 0.243. The summed E-state index contributed by atoms with van der Waals surface area (Å²) in [5.41, 5.74) is 2.93. The van der Waals surface area contributed by atoms with E-state index in [1.54, 1.807) is 42.5 Å². The number of nitrogens with zero attached hydrogens (tertiary/aromatic N) is 1. The molecule has 0 saturated heterocycles. The van der Waals surface area contributed by atoms with Gasteiger partial charge in [-0.1, -0.05) is 39.7 Å². The molecule has 0 N–H and O–H groups in total. The Labute approximate surface area is 199 Å². The molecule has 3 aromatic rings. The van der Waals surface area contributed by atoms with Crippen molar-refractivity contribution in [2.75, 3.05) is 6.61 Å². The molecule has 7 heteroatoms. The average molecular weight is 506 g/mol. The van der Waals surface area contributed by atoms with Crippen LogP contribution in [0, 0.1) is 6.92 Å². The predicted octanol–water partition coefficient (Wildman–Crippen LogP) is 5.72. The second-order valence-electron chi connectivity index (χ2n) is 7.24. The van der Waals surface area contributed by atoms with E-state index in [9.17, 15) is 9.59 Å². The lowest BCUT2D eigenvalue weighted by Crippen LogP contribution is -2.10. The van der Waals surface area contributed by atoms with Crippen LogP contribution in [0.15, 0.2) is 81.9 Å². The van der Waals surface area contributed by atoms with Gasteiger partial charge in [-0.05, 0) is 74.0 Å². The summed E-state index contributed by atoms with van der Waals surface area (Å²) in [6, 6.07) is 19.5. The van der Waals surface area contributed by atoms with Gasteiger partial charge >= 0.3 is 11.9 Å². The minimum Gasteiger partial charge on any atom is -0.490 e. The van der Waals surface area contributed by atoms with Crippen molar-refractivity contribution in [1.82, 2.24) is 0 Å². The summed E-state index contributed by atoms with van der Waals surface area (Å²) >= 11 is 3.38. The Kier molecular flexibility index (Phi) is 6.70. The van der Waals surface area contributed by atoms with Crippen LogP contribution in [-0.2, 0) is 9.53 Å². The first-order chi connectivity index (χ1) is 15.9. The lowest BCUT2D eigenvalue weighted by molar-refractivity contribution is -0.129. The molecule has 0 aliphatic carbocycles. The Hall–Kier alpha value is -3.71. The molecule has 33 heavy (non-hydrogen) atoms. The van der Waals surface area contributed by atoms with Crippen LogP contribution in [0.5, 0.6) is 11.5 Å². The molecule has 1 aliphatic heterocycles. The molecule has 0 atom stereocenters. The minimum absolute atomic E-state index is 0.167. The third kappa shape index (κ3) is 5.38. The Bertz CT molecular complexity index is 1280. The maximum Gasteiger partial charge on any atom is 0.363 e. The Morgan fingerprint density at radius 1 is 1.06 bits per heavy atom. The highest BCUT2D eigenvalue weighted by Crippen LogP contribution is 2.31. The number of hydrogen-bond donors (Lipinski definition) is 0. The second kappa shape index (κ2) is 9.83. The van der Waals surface area contributed by atoms with Crippen LogP contribution in [-0.4, -0.2) is 24.4 Å². The molecule has 0 aromatic heterocycles. The van der Waals surface area contributed by atoms with Crippen molar-refractivity contribution in [3.05, 3.63) is 99.2 Å². The van der Waals surface area contributed by atoms with Gasteiger partial charge in [0.2, 0.25) is 5.90 Å². The van der Waals surface area contributed by atoms with Crippen molar-refractivity contribution in [2.45, 2.75) is 13.8 Å². The summed E-state index contributed by atoms with van der Waals surface area (Å²) < 4.78 is 17.5. The third-order valence-electron chi connectivity index (χ3n) is 4.74. The highest BCUT2D eigenvalue weighted by atomic mass is 79.9. The van der Waals surface area contributed by atoms with E-state index < -0.39 is 11.9 Å². The smallest absolute Gasteiger partial charge is 0.363 e. The van der Waals surface area contributed by atoms with Crippen LogP contribution in [0.1, 0.15) is 34.0 Å². The van der Waals surface area contributed by atoms with E-state index in [0.717, 1.165) is 10.0 Å². The Morgan fingerprint density at radius 2 is 1.85 bits per heavy atom. The van der Waals surface area contributed by atoms with Gasteiger partial charge in [-0.15, -0.1) is 0 Å². The van der Waals surface area contributed by atoms with Gasteiger partial charge in [0.05, 0.1) is 12.2 Å². The summed E-state index contributed by atoms with van der Waals surface area (Å²) in [5.74, 6) is -0.0999. The fourth-order valence-corrected chi connectivity index (χ4v) is 3.45. The van der Waals surface area contributed by atoms with Crippen LogP contribution >= 0.6 is 15.9 Å². The fourth-order valence-electron chi connectivity index (χ4n) is 3.18. The van der Waals surface area contributed by atoms with Crippen LogP contribution in [0.3, 0.4) is 0 Å². The fraction of sp³-hybridized carbons (Fsp3) is 0.115. The summed E-state index contributed by atoms with van der Waals surface area (Å²) in [6.45, 7) is 4.12. The molecule has 4 rings (SSSR count). The number of ether oxygens (including phenoxy) is 3. The lowest BCUT2D eigenvalue weighted by atomic mass is 10.1. The highest BCUT2D eigenvalue weighted by molar-refractivity contribution is 9.10. The Morgan fingerprint density at radius 3 is 2.58 bits per heavy atom. The monoisotopic (exact) mass is 505 g/mol. The molecule has 0 fully saturated rings. The van der Waals surface area contributed by atoms with E-state index in [4.69, 9.17) is 14.2 Å². The Balaban J connectivity index is 1.59. The number of carbonyl (C=O) groups is 2. The zero-order valence-electron chi connectivity index (χ0n) is 18.0. The first-order valence-corrected chi connectivity index (χ1v) is 11.1. The van der Waals surface area contributed by atoms with Gasteiger partial charge in [0.25, 0.3) is 0 Å². The molecule has 0 saturated carbocycles. The summed E-state index contributed by atoms with van der Waals surface area (Å²) in [4.78, 5) is 29.2. The average Bonchev–Trinajstić information content (AvgIpc) is 3.16. The van der Waals surface area contributed by atoms with Crippen LogP contribution in [0.2, 0.25) is 0 Å². The normalized spacial score (nSPS) is 14.1. The SMILES string of the molecule is CCOc1cc(/C=C2/N=C(c3ccc(Br)cc3)OC2=O)ccc1OC(=O)c1cccc(C)c1. The number of rotatable bonds is 6. The van der Waals surface area contributed by atoms with Crippen molar-refractivity contribution in [2.24, 2.45) is 4.99 Å². The second-order valence-corrected chi connectivity index (χ2v) is 8.16. The van der Waals surface area contributed by atoms with Crippen LogP contribution in [0.4, 0.5) is 0 Å². The van der Waals surface area contributed by atoms with Crippen molar-refractivity contribution < 1.29 is 23.8 Å². The molecule has 6 nitrogen and oxygen atoms in total. The molecule has 3 aromatic carbocycles. The van der Waals surface area contributed by atoms with E-state index in [-0.39, 0.29) is 11.6 Å².